The number of ether oxygens (including phenoxy) is 3. The van der Waals surface area contributed by atoms with Gasteiger partial charge in [-0.3, -0.25) is 4.79 Å². The smallest absolute Gasteiger partial charge is 0.186 e. The highest BCUT2D eigenvalue weighted by Crippen LogP contribution is 2.33. The van der Waals surface area contributed by atoms with E-state index in [4.69, 9.17) is 14.2 Å². The lowest BCUT2D eigenvalue weighted by molar-refractivity contribution is -0.305. The summed E-state index contributed by atoms with van der Waals surface area (Å²) in [5.41, 5.74) is 0.486. The van der Waals surface area contributed by atoms with E-state index in [0.29, 0.717) is 11.3 Å². The molecule has 148 valence electrons. The van der Waals surface area contributed by atoms with Crippen molar-refractivity contribution in [3.05, 3.63) is 35.4 Å². The molecule has 27 heavy (non-hydrogen) atoms. The Hall–Kier alpha value is -1.81. The average molecular weight is 380 g/mol. The Kier molecular flexibility index (Phi) is 5.66. The normalized spacial score (nSPS) is 35.4. The quantitative estimate of drug-likeness (QED) is 0.521. The number of benzene rings is 1. The van der Waals surface area contributed by atoms with Crippen LogP contribution >= 0.6 is 0 Å². The Bertz CT molecular complexity index is 730. The molecule has 1 fully saturated rings. The number of Topliss-reactive ketones (excluding diaryl/α,β-unsaturated/α-hetero) is 1. The van der Waals surface area contributed by atoms with Gasteiger partial charge in [-0.2, -0.15) is 0 Å². The van der Waals surface area contributed by atoms with Crippen LogP contribution < -0.4 is 4.74 Å². The van der Waals surface area contributed by atoms with E-state index >= 15 is 0 Å². The second-order valence-electron chi connectivity index (χ2n) is 7.07. The minimum absolute atomic E-state index is 0.0138. The molecule has 2 heterocycles. The molecule has 8 heteroatoms. The molecule has 0 radical (unpaired) electrons. The van der Waals surface area contributed by atoms with Crippen molar-refractivity contribution in [2.24, 2.45) is 0 Å². The van der Waals surface area contributed by atoms with Crippen molar-refractivity contribution < 1.29 is 39.4 Å². The predicted molar refractivity (Wildman–Crippen MR) is 94.2 cm³/mol. The van der Waals surface area contributed by atoms with Crippen molar-refractivity contribution in [3.8, 4) is 5.75 Å². The van der Waals surface area contributed by atoms with Crippen LogP contribution in [-0.2, 0) is 9.47 Å². The lowest BCUT2D eigenvalue weighted by atomic mass is 9.98. The number of fused-ring (bicyclic) bond motifs is 1. The van der Waals surface area contributed by atoms with Gasteiger partial charge in [0.25, 0.3) is 0 Å². The van der Waals surface area contributed by atoms with Crippen LogP contribution in [-0.4, -0.2) is 75.7 Å². The maximum atomic E-state index is 11.5. The highest BCUT2D eigenvalue weighted by molar-refractivity contribution is 5.95. The fourth-order valence-electron chi connectivity index (χ4n) is 3.07. The molecule has 1 aromatic rings. The van der Waals surface area contributed by atoms with Gasteiger partial charge in [0.15, 0.2) is 12.1 Å². The molecular formula is C19H24O8. The molecule has 0 aromatic heterocycles. The summed E-state index contributed by atoms with van der Waals surface area (Å²) in [5.74, 6) is 0.549. The van der Waals surface area contributed by atoms with Gasteiger partial charge in [0.1, 0.15) is 35.8 Å². The van der Waals surface area contributed by atoms with Crippen LogP contribution in [0.5, 0.6) is 5.75 Å². The van der Waals surface area contributed by atoms with Gasteiger partial charge in [-0.05, 0) is 38.1 Å². The Morgan fingerprint density at radius 3 is 2.63 bits per heavy atom. The minimum atomic E-state index is -1.50. The zero-order chi connectivity index (χ0) is 19.8. The van der Waals surface area contributed by atoms with Crippen molar-refractivity contribution in [3.63, 3.8) is 0 Å². The molecule has 0 spiro atoms. The maximum Gasteiger partial charge on any atom is 0.186 e. The summed E-state index contributed by atoms with van der Waals surface area (Å²) in [6.07, 6.45) is -3.07. The van der Waals surface area contributed by atoms with Crippen molar-refractivity contribution in [2.45, 2.75) is 50.2 Å². The van der Waals surface area contributed by atoms with Crippen LogP contribution in [0, 0.1) is 0 Å². The van der Waals surface area contributed by atoms with Crippen molar-refractivity contribution in [1.82, 2.24) is 0 Å². The van der Waals surface area contributed by atoms with Crippen molar-refractivity contribution in [1.29, 1.82) is 0 Å². The standard InChI is InChI=1S/C19H24O8/c1-10(21)11-3-4-13-12(7-11)5-6-19(2,27-13)9-25-18-17(24)16(23)15(22)14(8-20)26-18/h3-7,14-18,20,22-24H,8-9H2,1-2H3. The third-order valence-corrected chi connectivity index (χ3v) is 4.76. The maximum absolute atomic E-state index is 11.5. The molecule has 1 saturated heterocycles. The topological polar surface area (TPSA) is 126 Å². The molecule has 1 aromatic carbocycles. The van der Waals surface area contributed by atoms with E-state index in [1.54, 1.807) is 31.2 Å². The van der Waals surface area contributed by atoms with Gasteiger partial charge in [-0.1, -0.05) is 6.08 Å². The van der Waals surface area contributed by atoms with Gasteiger partial charge < -0.3 is 34.6 Å². The van der Waals surface area contributed by atoms with E-state index < -0.39 is 42.9 Å². The number of aliphatic hydroxyl groups is 4. The largest absolute Gasteiger partial charge is 0.480 e. The summed E-state index contributed by atoms with van der Waals surface area (Å²) in [6.45, 7) is 2.73. The summed E-state index contributed by atoms with van der Waals surface area (Å²) in [4.78, 5) is 11.5. The minimum Gasteiger partial charge on any atom is -0.480 e. The highest BCUT2D eigenvalue weighted by atomic mass is 16.7. The lowest BCUT2D eigenvalue weighted by Crippen LogP contribution is -2.59. The van der Waals surface area contributed by atoms with Crippen LogP contribution in [0.3, 0.4) is 0 Å². The third-order valence-electron chi connectivity index (χ3n) is 4.76. The Labute approximate surface area is 156 Å². The molecule has 2 aliphatic heterocycles. The summed E-state index contributed by atoms with van der Waals surface area (Å²) >= 11 is 0. The van der Waals surface area contributed by atoms with E-state index in [0.717, 1.165) is 5.56 Å². The zero-order valence-electron chi connectivity index (χ0n) is 15.1. The first kappa shape index (κ1) is 19.9. The molecule has 2 aliphatic rings. The fourth-order valence-corrected chi connectivity index (χ4v) is 3.07. The molecule has 0 bridgehead atoms. The Morgan fingerprint density at radius 1 is 1.22 bits per heavy atom. The van der Waals surface area contributed by atoms with Gasteiger partial charge in [-0.25, -0.2) is 0 Å². The first-order valence-electron chi connectivity index (χ1n) is 8.69. The average Bonchev–Trinajstić information content (AvgIpc) is 2.65. The molecule has 3 rings (SSSR count). The molecule has 6 atom stereocenters. The monoisotopic (exact) mass is 380 g/mol. The van der Waals surface area contributed by atoms with Crippen LogP contribution in [0.4, 0.5) is 0 Å². The fraction of sp³-hybridized carbons (Fsp3) is 0.526. The van der Waals surface area contributed by atoms with Crippen LogP contribution in [0.1, 0.15) is 29.8 Å². The van der Waals surface area contributed by atoms with Crippen molar-refractivity contribution >= 4 is 11.9 Å². The van der Waals surface area contributed by atoms with E-state index in [1.165, 1.54) is 6.92 Å². The second kappa shape index (κ2) is 7.67. The zero-order valence-corrected chi connectivity index (χ0v) is 15.1. The lowest BCUT2D eigenvalue weighted by Gasteiger charge is -2.41. The number of rotatable bonds is 5. The van der Waals surface area contributed by atoms with Gasteiger partial charge in [-0.15, -0.1) is 0 Å². The van der Waals surface area contributed by atoms with E-state index in [-0.39, 0.29) is 12.4 Å². The summed E-state index contributed by atoms with van der Waals surface area (Å²) in [7, 11) is 0. The summed E-state index contributed by atoms with van der Waals surface area (Å²) in [6, 6.07) is 5.13. The van der Waals surface area contributed by atoms with Gasteiger partial charge in [0, 0.05) is 11.1 Å². The molecule has 8 nitrogen and oxygen atoms in total. The van der Waals surface area contributed by atoms with Gasteiger partial charge >= 0.3 is 0 Å². The Balaban J connectivity index is 1.68. The van der Waals surface area contributed by atoms with E-state index in [9.17, 15) is 25.2 Å². The first-order chi connectivity index (χ1) is 12.7. The van der Waals surface area contributed by atoms with Crippen LogP contribution in [0.25, 0.3) is 6.08 Å². The second-order valence-corrected chi connectivity index (χ2v) is 7.07. The number of hydrogen-bond donors (Lipinski definition) is 4. The molecule has 0 amide bonds. The number of ketones is 1. The summed E-state index contributed by atoms with van der Waals surface area (Å²) < 4.78 is 16.9. The molecule has 4 N–H and O–H groups in total. The molecule has 6 unspecified atom stereocenters. The number of carbonyl (C=O) groups excluding carboxylic acids is 1. The SMILES string of the molecule is CC(=O)c1ccc2c(c1)C=CC(C)(COC1OC(CO)C(O)C(O)C1O)O2. The molecule has 0 saturated carbocycles. The predicted octanol–water partition coefficient (Wildman–Crippen LogP) is -0.130. The summed E-state index contributed by atoms with van der Waals surface area (Å²) in [5, 5.41) is 38.9. The highest BCUT2D eigenvalue weighted by Gasteiger charge is 2.45. The molecule has 0 aliphatic carbocycles. The number of aliphatic hydroxyl groups excluding tert-OH is 4. The van der Waals surface area contributed by atoms with E-state index in [2.05, 4.69) is 0 Å². The first-order valence-corrected chi connectivity index (χ1v) is 8.69. The van der Waals surface area contributed by atoms with Gasteiger partial charge in [0.05, 0.1) is 13.2 Å². The Morgan fingerprint density at radius 2 is 1.96 bits per heavy atom. The third kappa shape index (κ3) is 4.06. The van der Waals surface area contributed by atoms with Crippen molar-refractivity contribution in [2.75, 3.05) is 13.2 Å². The molecular weight excluding hydrogens is 356 g/mol. The van der Waals surface area contributed by atoms with Gasteiger partial charge in [0.2, 0.25) is 0 Å². The van der Waals surface area contributed by atoms with Crippen LogP contribution in [0.15, 0.2) is 24.3 Å². The number of carbonyl (C=O) groups is 1. The number of hydrogen-bond acceptors (Lipinski definition) is 8. The van der Waals surface area contributed by atoms with E-state index in [1.807, 2.05) is 6.08 Å². The van der Waals surface area contributed by atoms with Crippen LogP contribution in [0.2, 0.25) is 0 Å².